The molecule has 1 aliphatic heterocycles. The van der Waals surface area contributed by atoms with Crippen molar-refractivity contribution in [1.82, 2.24) is 20.2 Å². The van der Waals surface area contributed by atoms with E-state index in [1.54, 1.807) is 30.4 Å². The molecule has 4 rings (SSSR count). The zero-order valence-electron chi connectivity index (χ0n) is 18.8. The van der Waals surface area contributed by atoms with Gasteiger partial charge in [0.25, 0.3) is 0 Å². The second kappa shape index (κ2) is 8.88. The predicted octanol–water partition coefficient (Wildman–Crippen LogP) is 3.74. The van der Waals surface area contributed by atoms with E-state index in [0.717, 1.165) is 23.3 Å². The van der Waals surface area contributed by atoms with Crippen LogP contribution in [0.4, 0.5) is 24.8 Å². The minimum atomic E-state index is -4.42. The van der Waals surface area contributed by atoms with Gasteiger partial charge in [-0.15, -0.1) is 10.2 Å². The van der Waals surface area contributed by atoms with Crippen molar-refractivity contribution >= 4 is 17.6 Å². The van der Waals surface area contributed by atoms with E-state index in [0.29, 0.717) is 29.4 Å². The van der Waals surface area contributed by atoms with Crippen LogP contribution in [0, 0.1) is 13.8 Å². The largest absolute Gasteiger partial charge is 0.480 e. The summed E-state index contributed by atoms with van der Waals surface area (Å²) in [5.74, 6) is 0.0233. The van der Waals surface area contributed by atoms with Gasteiger partial charge < -0.3 is 14.9 Å². The van der Waals surface area contributed by atoms with Crippen molar-refractivity contribution in [3.8, 4) is 11.3 Å². The molecule has 1 aliphatic rings. The lowest BCUT2D eigenvalue weighted by molar-refractivity contribution is -0.139. The molecule has 1 saturated heterocycles. The molecular formula is C23H23F3N6O2. The highest BCUT2D eigenvalue weighted by Crippen LogP contribution is 2.34. The van der Waals surface area contributed by atoms with Gasteiger partial charge in [0.05, 0.1) is 24.0 Å². The first-order chi connectivity index (χ1) is 16.1. The van der Waals surface area contributed by atoms with Crippen LogP contribution in [-0.2, 0) is 11.0 Å². The summed E-state index contributed by atoms with van der Waals surface area (Å²) in [6.07, 6.45) is 0.288. The number of piperazine rings is 1. The maximum Gasteiger partial charge on any atom is 0.416 e. The van der Waals surface area contributed by atoms with Crippen LogP contribution in [0.1, 0.15) is 23.6 Å². The third-order valence-electron chi connectivity index (χ3n) is 6.12. The summed E-state index contributed by atoms with van der Waals surface area (Å²) in [5, 5.41) is 18.6. The molecule has 11 heteroatoms. The molecule has 1 aromatic carbocycles. The highest BCUT2D eigenvalue weighted by Gasteiger charge is 2.38. The van der Waals surface area contributed by atoms with Gasteiger partial charge in [0.15, 0.2) is 5.82 Å². The van der Waals surface area contributed by atoms with Crippen LogP contribution in [0.15, 0.2) is 42.9 Å². The molecule has 1 unspecified atom stereocenters. The Bertz CT molecular complexity index is 1190. The summed E-state index contributed by atoms with van der Waals surface area (Å²) in [4.78, 5) is 24.2. The molecule has 3 heterocycles. The number of hydrogen-bond donors (Lipinski definition) is 1. The number of carboxylic acid groups (broad SMARTS) is 1. The summed E-state index contributed by atoms with van der Waals surface area (Å²) in [6.45, 7) is 6.12. The Kier molecular flexibility index (Phi) is 6.11. The van der Waals surface area contributed by atoms with Crippen LogP contribution in [0.3, 0.4) is 0 Å². The normalized spacial score (nSPS) is 18.8. The number of aliphatic carboxylic acids is 1. The Morgan fingerprint density at radius 1 is 1.03 bits per heavy atom. The topological polar surface area (TPSA) is 95.3 Å². The number of hydrogen-bond acceptors (Lipinski definition) is 7. The smallest absolute Gasteiger partial charge is 0.416 e. The number of alkyl halides is 3. The van der Waals surface area contributed by atoms with Crippen LogP contribution in [0.2, 0.25) is 0 Å². The number of benzene rings is 1. The molecule has 0 bridgehead atoms. The first-order valence-corrected chi connectivity index (χ1v) is 10.6. The SMILES string of the molecule is Cc1c(-c2ccc(C(F)(F)F)cc2)nnc(N2CC(C)N(c3cnccn3)C[C@@H]2C(=O)O)c1C. The lowest BCUT2D eigenvalue weighted by Crippen LogP contribution is -2.61. The van der Waals surface area contributed by atoms with Gasteiger partial charge in [-0.1, -0.05) is 12.1 Å². The molecule has 178 valence electrons. The molecule has 0 saturated carbocycles. The Labute approximate surface area is 194 Å². The lowest BCUT2D eigenvalue weighted by Gasteiger charge is -2.44. The molecule has 2 atom stereocenters. The summed E-state index contributed by atoms with van der Waals surface area (Å²) in [6, 6.07) is 3.76. The minimum absolute atomic E-state index is 0.0802. The van der Waals surface area contributed by atoms with Crippen molar-refractivity contribution in [2.24, 2.45) is 0 Å². The maximum atomic E-state index is 12.9. The van der Waals surface area contributed by atoms with Gasteiger partial charge in [0.1, 0.15) is 11.9 Å². The highest BCUT2D eigenvalue weighted by atomic mass is 19.4. The number of rotatable bonds is 4. The molecule has 0 spiro atoms. The van der Waals surface area contributed by atoms with Crippen molar-refractivity contribution in [2.75, 3.05) is 22.9 Å². The molecular weight excluding hydrogens is 449 g/mol. The second-order valence-corrected chi connectivity index (χ2v) is 8.27. The van der Waals surface area contributed by atoms with Gasteiger partial charge >= 0.3 is 12.1 Å². The number of nitrogens with zero attached hydrogens (tertiary/aromatic N) is 6. The summed E-state index contributed by atoms with van der Waals surface area (Å²) >= 11 is 0. The van der Waals surface area contributed by atoms with E-state index in [1.165, 1.54) is 12.1 Å². The van der Waals surface area contributed by atoms with Gasteiger partial charge in [0, 0.05) is 30.5 Å². The van der Waals surface area contributed by atoms with E-state index in [-0.39, 0.29) is 12.6 Å². The van der Waals surface area contributed by atoms with Crippen LogP contribution in [-0.4, -0.2) is 56.4 Å². The quantitative estimate of drug-likeness (QED) is 0.614. The summed E-state index contributed by atoms with van der Waals surface area (Å²) in [5.41, 5.74) is 1.65. The average Bonchev–Trinajstić information content (AvgIpc) is 2.80. The molecule has 2 aromatic heterocycles. The average molecular weight is 472 g/mol. The van der Waals surface area contributed by atoms with Gasteiger partial charge in [-0.25, -0.2) is 9.78 Å². The van der Waals surface area contributed by atoms with Gasteiger partial charge in [-0.2, -0.15) is 13.2 Å². The van der Waals surface area contributed by atoms with Crippen LogP contribution < -0.4 is 9.80 Å². The first kappa shape index (κ1) is 23.4. The first-order valence-electron chi connectivity index (χ1n) is 10.6. The molecule has 34 heavy (non-hydrogen) atoms. The monoisotopic (exact) mass is 472 g/mol. The van der Waals surface area contributed by atoms with Crippen LogP contribution >= 0.6 is 0 Å². The Morgan fingerprint density at radius 2 is 1.74 bits per heavy atom. The molecule has 3 aromatic rings. The Morgan fingerprint density at radius 3 is 2.32 bits per heavy atom. The van der Waals surface area contributed by atoms with Crippen molar-refractivity contribution in [3.63, 3.8) is 0 Å². The number of anilines is 2. The van der Waals surface area contributed by atoms with E-state index < -0.39 is 23.8 Å². The summed E-state index contributed by atoms with van der Waals surface area (Å²) < 4.78 is 38.7. The van der Waals surface area contributed by atoms with Crippen molar-refractivity contribution in [1.29, 1.82) is 0 Å². The third kappa shape index (κ3) is 4.37. The van der Waals surface area contributed by atoms with Crippen LogP contribution in [0.25, 0.3) is 11.3 Å². The second-order valence-electron chi connectivity index (χ2n) is 8.27. The number of aromatic nitrogens is 4. The lowest BCUT2D eigenvalue weighted by atomic mass is 10.0. The zero-order valence-corrected chi connectivity index (χ0v) is 18.8. The molecule has 0 amide bonds. The number of halogens is 3. The molecule has 1 N–H and O–H groups in total. The zero-order chi connectivity index (χ0) is 24.6. The van der Waals surface area contributed by atoms with Gasteiger partial charge in [-0.05, 0) is 44.0 Å². The van der Waals surface area contributed by atoms with Gasteiger partial charge in [-0.3, -0.25) is 4.98 Å². The number of carboxylic acids is 1. The minimum Gasteiger partial charge on any atom is -0.480 e. The number of carbonyl (C=O) groups is 1. The molecule has 0 radical (unpaired) electrons. The fourth-order valence-corrected chi connectivity index (χ4v) is 4.14. The highest BCUT2D eigenvalue weighted by molar-refractivity contribution is 5.80. The fourth-order valence-electron chi connectivity index (χ4n) is 4.14. The molecule has 0 aliphatic carbocycles. The molecule has 8 nitrogen and oxygen atoms in total. The van der Waals surface area contributed by atoms with Crippen molar-refractivity contribution < 1.29 is 23.1 Å². The Balaban J connectivity index is 1.66. The van der Waals surface area contributed by atoms with Crippen molar-refractivity contribution in [2.45, 2.75) is 39.0 Å². The fraction of sp³-hybridized carbons (Fsp3) is 0.348. The van der Waals surface area contributed by atoms with Crippen molar-refractivity contribution in [3.05, 3.63) is 59.5 Å². The standard InChI is InChI=1S/C23H23F3N6O2/c1-13-11-32(18(22(33)34)12-31(13)19-10-27-8-9-28-19)21-15(3)14(2)20(29-30-21)16-4-6-17(7-5-16)23(24,25)26/h4-10,13,18H,11-12H2,1-3H3,(H,33,34)/t13?,18-/m1/s1. The van der Waals surface area contributed by atoms with E-state index in [4.69, 9.17) is 0 Å². The van der Waals surface area contributed by atoms with E-state index >= 15 is 0 Å². The predicted molar refractivity (Wildman–Crippen MR) is 120 cm³/mol. The molecule has 1 fully saturated rings. The van der Waals surface area contributed by atoms with E-state index in [1.807, 2.05) is 18.7 Å². The van der Waals surface area contributed by atoms with Gasteiger partial charge in [0.2, 0.25) is 0 Å². The maximum absolute atomic E-state index is 12.9. The van der Waals surface area contributed by atoms with E-state index in [2.05, 4.69) is 20.2 Å². The Hall–Kier alpha value is -3.76. The summed E-state index contributed by atoms with van der Waals surface area (Å²) in [7, 11) is 0. The van der Waals surface area contributed by atoms with E-state index in [9.17, 15) is 23.1 Å². The third-order valence-corrected chi connectivity index (χ3v) is 6.12. The van der Waals surface area contributed by atoms with Crippen LogP contribution in [0.5, 0.6) is 0 Å².